The Morgan fingerprint density at radius 3 is 2.45 bits per heavy atom. The van der Waals surface area contributed by atoms with Crippen molar-refractivity contribution in [2.75, 3.05) is 18.4 Å². The molecule has 9 heteroatoms. The van der Waals surface area contributed by atoms with Crippen molar-refractivity contribution in [3.05, 3.63) is 75.8 Å². The number of benzene rings is 2. The highest BCUT2D eigenvalue weighted by molar-refractivity contribution is 7.80. The number of piperidine rings is 1. The van der Waals surface area contributed by atoms with Gasteiger partial charge in [-0.1, -0.05) is 6.07 Å². The smallest absolute Gasteiger partial charge is 0.269 e. The molecule has 1 aliphatic rings. The molecule has 1 heterocycles. The number of nitrogens with zero attached hydrogens (tertiary/aromatic N) is 2. The van der Waals surface area contributed by atoms with Crippen LogP contribution in [0.2, 0.25) is 0 Å². The minimum atomic E-state index is -0.487. The molecule has 0 saturated carbocycles. The Balaban J connectivity index is 1.54. The molecule has 8 nitrogen and oxygen atoms in total. The minimum absolute atomic E-state index is 0.00987. The Morgan fingerprint density at radius 1 is 1.06 bits per heavy atom. The SMILES string of the molecule is O=C(/C=C/c1ccc([N+](=O)[O-])cc1)NC(=S)Nc1cccc(C(=O)N2CCCCC2)c1. The van der Waals surface area contributed by atoms with Gasteiger partial charge in [0, 0.05) is 42.5 Å². The summed E-state index contributed by atoms with van der Waals surface area (Å²) in [6.45, 7) is 1.54. The summed E-state index contributed by atoms with van der Waals surface area (Å²) in [4.78, 5) is 36.8. The normalized spacial score (nSPS) is 13.6. The second-order valence-corrected chi connectivity index (χ2v) is 7.47. The first kappa shape index (κ1) is 22.1. The van der Waals surface area contributed by atoms with Crippen molar-refractivity contribution in [2.24, 2.45) is 0 Å². The maximum atomic E-state index is 12.6. The second kappa shape index (κ2) is 10.4. The number of nitro benzene ring substituents is 1. The molecule has 0 unspecified atom stereocenters. The number of hydrogen-bond acceptors (Lipinski definition) is 5. The van der Waals surface area contributed by atoms with Crippen molar-refractivity contribution in [1.82, 2.24) is 10.2 Å². The van der Waals surface area contributed by atoms with Crippen molar-refractivity contribution < 1.29 is 14.5 Å². The van der Waals surface area contributed by atoms with Gasteiger partial charge in [0.25, 0.3) is 11.6 Å². The molecule has 1 saturated heterocycles. The fourth-order valence-corrected chi connectivity index (χ4v) is 3.42. The number of likely N-dealkylation sites (tertiary alicyclic amines) is 1. The fraction of sp³-hybridized carbons (Fsp3) is 0.227. The summed E-state index contributed by atoms with van der Waals surface area (Å²) >= 11 is 5.18. The average molecular weight is 439 g/mol. The van der Waals surface area contributed by atoms with Crippen LogP contribution in [0.5, 0.6) is 0 Å². The minimum Gasteiger partial charge on any atom is -0.339 e. The van der Waals surface area contributed by atoms with Gasteiger partial charge in [-0.15, -0.1) is 0 Å². The lowest BCUT2D eigenvalue weighted by Crippen LogP contribution is -2.35. The van der Waals surface area contributed by atoms with Crippen molar-refractivity contribution >= 4 is 46.6 Å². The van der Waals surface area contributed by atoms with E-state index in [-0.39, 0.29) is 16.7 Å². The van der Waals surface area contributed by atoms with Gasteiger partial charge in [-0.3, -0.25) is 25.0 Å². The third kappa shape index (κ3) is 6.45. The Kier molecular flexibility index (Phi) is 7.45. The topological polar surface area (TPSA) is 105 Å². The van der Waals surface area contributed by atoms with Crippen LogP contribution in [0.25, 0.3) is 6.08 Å². The molecule has 2 amide bonds. The summed E-state index contributed by atoms with van der Waals surface area (Å²) < 4.78 is 0. The number of hydrogen-bond donors (Lipinski definition) is 2. The van der Waals surface area contributed by atoms with E-state index in [0.717, 1.165) is 32.4 Å². The van der Waals surface area contributed by atoms with E-state index in [1.54, 1.807) is 36.4 Å². The summed E-state index contributed by atoms with van der Waals surface area (Å²) in [5.41, 5.74) is 1.79. The zero-order valence-electron chi connectivity index (χ0n) is 16.7. The molecular formula is C22H22N4O4S. The molecule has 0 bridgehead atoms. The fourth-order valence-electron chi connectivity index (χ4n) is 3.20. The number of nitro groups is 1. The van der Waals surface area contributed by atoms with Crippen molar-refractivity contribution in [1.29, 1.82) is 0 Å². The number of nitrogens with one attached hydrogen (secondary N) is 2. The van der Waals surface area contributed by atoms with Crippen LogP contribution in [0, 0.1) is 10.1 Å². The monoisotopic (exact) mass is 438 g/mol. The molecule has 1 aliphatic heterocycles. The van der Waals surface area contributed by atoms with Gasteiger partial charge in [0.15, 0.2) is 5.11 Å². The van der Waals surface area contributed by atoms with E-state index in [0.29, 0.717) is 16.8 Å². The van der Waals surface area contributed by atoms with E-state index >= 15 is 0 Å². The lowest BCUT2D eigenvalue weighted by Gasteiger charge is -2.26. The van der Waals surface area contributed by atoms with Crippen LogP contribution in [-0.2, 0) is 4.79 Å². The predicted octanol–water partition coefficient (Wildman–Crippen LogP) is 3.75. The molecule has 1 fully saturated rings. The molecule has 3 rings (SSSR count). The van der Waals surface area contributed by atoms with Crippen molar-refractivity contribution in [3.63, 3.8) is 0 Å². The van der Waals surface area contributed by atoms with E-state index in [4.69, 9.17) is 12.2 Å². The van der Waals surface area contributed by atoms with Crippen LogP contribution in [-0.4, -0.2) is 39.8 Å². The van der Waals surface area contributed by atoms with Crippen molar-refractivity contribution in [3.8, 4) is 0 Å². The number of non-ortho nitro benzene ring substituents is 1. The molecule has 0 radical (unpaired) electrons. The highest BCUT2D eigenvalue weighted by atomic mass is 32.1. The van der Waals surface area contributed by atoms with Gasteiger partial charge in [0.05, 0.1) is 4.92 Å². The largest absolute Gasteiger partial charge is 0.339 e. The molecule has 0 atom stereocenters. The van der Waals surface area contributed by atoms with Crippen LogP contribution in [0.15, 0.2) is 54.6 Å². The number of rotatable bonds is 5. The number of carbonyl (C=O) groups excluding carboxylic acids is 2. The molecule has 0 aromatic heterocycles. The zero-order valence-corrected chi connectivity index (χ0v) is 17.6. The quantitative estimate of drug-likeness (QED) is 0.319. The van der Waals surface area contributed by atoms with Crippen LogP contribution < -0.4 is 10.6 Å². The maximum absolute atomic E-state index is 12.6. The third-order valence-corrected chi connectivity index (χ3v) is 4.98. The van der Waals surface area contributed by atoms with Crippen LogP contribution >= 0.6 is 12.2 Å². The van der Waals surface area contributed by atoms with E-state index in [1.807, 2.05) is 4.90 Å². The zero-order chi connectivity index (χ0) is 22.2. The molecule has 2 N–H and O–H groups in total. The van der Waals surface area contributed by atoms with Gasteiger partial charge >= 0.3 is 0 Å². The Morgan fingerprint density at radius 2 is 1.77 bits per heavy atom. The van der Waals surface area contributed by atoms with Crippen LogP contribution in [0.4, 0.5) is 11.4 Å². The van der Waals surface area contributed by atoms with Crippen LogP contribution in [0.1, 0.15) is 35.2 Å². The number of carbonyl (C=O) groups is 2. The summed E-state index contributed by atoms with van der Waals surface area (Å²) in [7, 11) is 0. The number of amides is 2. The summed E-state index contributed by atoms with van der Waals surface area (Å²) in [6, 6.07) is 12.8. The van der Waals surface area contributed by atoms with Crippen molar-refractivity contribution in [2.45, 2.75) is 19.3 Å². The highest BCUT2D eigenvalue weighted by Gasteiger charge is 2.18. The van der Waals surface area contributed by atoms with Crippen LogP contribution in [0.3, 0.4) is 0 Å². The molecular weight excluding hydrogens is 416 g/mol. The summed E-state index contributed by atoms with van der Waals surface area (Å²) in [5.74, 6) is -0.458. The predicted molar refractivity (Wildman–Crippen MR) is 123 cm³/mol. The highest BCUT2D eigenvalue weighted by Crippen LogP contribution is 2.16. The molecule has 2 aromatic carbocycles. The Labute approximate surface area is 185 Å². The van der Waals surface area contributed by atoms with E-state index < -0.39 is 10.8 Å². The third-order valence-electron chi connectivity index (χ3n) is 4.78. The van der Waals surface area contributed by atoms with Gasteiger partial charge < -0.3 is 10.2 Å². The first-order valence-electron chi connectivity index (χ1n) is 9.86. The van der Waals surface area contributed by atoms with E-state index in [2.05, 4.69) is 10.6 Å². The van der Waals surface area contributed by atoms with Gasteiger partial charge in [0.1, 0.15) is 0 Å². The van der Waals surface area contributed by atoms with Gasteiger partial charge in [0.2, 0.25) is 5.91 Å². The summed E-state index contributed by atoms with van der Waals surface area (Å²) in [5, 5.41) is 16.2. The average Bonchev–Trinajstić information content (AvgIpc) is 2.78. The Hall–Kier alpha value is -3.59. The second-order valence-electron chi connectivity index (χ2n) is 7.06. The Bertz CT molecular complexity index is 1010. The van der Waals surface area contributed by atoms with Gasteiger partial charge in [-0.2, -0.15) is 0 Å². The molecule has 0 spiro atoms. The van der Waals surface area contributed by atoms with Gasteiger partial charge in [-0.05, 0) is 73.5 Å². The molecule has 160 valence electrons. The summed E-state index contributed by atoms with van der Waals surface area (Å²) in [6.07, 6.45) is 6.00. The molecule has 0 aliphatic carbocycles. The number of thiocarbonyl (C=S) groups is 1. The molecule has 2 aromatic rings. The van der Waals surface area contributed by atoms with Gasteiger partial charge in [-0.25, -0.2) is 0 Å². The standard InChI is InChI=1S/C22H22N4O4S/c27-20(12-9-16-7-10-19(11-8-16)26(29)30)24-22(31)23-18-6-4-5-17(15-18)21(28)25-13-2-1-3-14-25/h4-12,15H,1-3,13-14H2,(H2,23,24,27,31)/b12-9+. The lowest BCUT2D eigenvalue weighted by molar-refractivity contribution is -0.384. The first-order chi connectivity index (χ1) is 14.9. The first-order valence-corrected chi connectivity index (χ1v) is 10.3. The maximum Gasteiger partial charge on any atom is 0.269 e. The van der Waals surface area contributed by atoms with E-state index in [9.17, 15) is 19.7 Å². The number of anilines is 1. The van der Waals surface area contributed by atoms with E-state index in [1.165, 1.54) is 24.3 Å². The molecule has 31 heavy (non-hydrogen) atoms. The lowest BCUT2D eigenvalue weighted by atomic mass is 10.1.